The average Bonchev–Trinajstić information content (AvgIpc) is 2.35. The molecule has 0 saturated carbocycles. The highest BCUT2D eigenvalue weighted by Crippen LogP contribution is 2.19. The van der Waals surface area contributed by atoms with Crippen molar-refractivity contribution in [2.24, 2.45) is 0 Å². The van der Waals surface area contributed by atoms with Gasteiger partial charge in [-0.25, -0.2) is 0 Å². The van der Waals surface area contributed by atoms with Gasteiger partial charge in [0.15, 0.2) is 6.10 Å². The minimum Gasteiger partial charge on any atom is -0.481 e. The fourth-order valence-corrected chi connectivity index (χ4v) is 1.29. The fraction of sp³-hybridized carbons (Fsp3) is 0.385. The number of allylic oxidation sites excluding steroid dienone is 3. The SMILES string of the molecule is C=C/C=C1/OC(CC(=O)O)C(=O)N/C1=C/C.CC. The summed E-state index contributed by atoms with van der Waals surface area (Å²) in [6, 6.07) is 0. The molecule has 0 aromatic rings. The van der Waals surface area contributed by atoms with Gasteiger partial charge in [0, 0.05) is 0 Å². The summed E-state index contributed by atoms with van der Waals surface area (Å²) >= 11 is 0. The Balaban J connectivity index is 0.00000137. The topological polar surface area (TPSA) is 75.6 Å². The molecule has 1 amide bonds. The minimum atomic E-state index is -1.08. The number of rotatable bonds is 3. The average molecular weight is 253 g/mol. The molecule has 1 aliphatic rings. The summed E-state index contributed by atoms with van der Waals surface area (Å²) in [5.74, 6) is -1.11. The Kier molecular flexibility index (Phi) is 7.19. The van der Waals surface area contributed by atoms with Gasteiger partial charge in [0.05, 0.1) is 12.1 Å². The number of hydrogen-bond donors (Lipinski definition) is 2. The summed E-state index contributed by atoms with van der Waals surface area (Å²) in [6.07, 6.45) is 3.40. The van der Waals surface area contributed by atoms with Gasteiger partial charge in [-0.1, -0.05) is 32.6 Å². The van der Waals surface area contributed by atoms with E-state index in [9.17, 15) is 9.59 Å². The first kappa shape index (κ1) is 16.0. The molecule has 0 bridgehead atoms. The molecule has 5 heteroatoms. The molecule has 5 nitrogen and oxygen atoms in total. The summed E-state index contributed by atoms with van der Waals surface area (Å²) in [5, 5.41) is 11.2. The van der Waals surface area contributed by atoms with Gasteiger partial charge in [0.1, 0.15) is 5.76 Å². The Morgan fingerprint density at radius 2 is 2.17 bits per heavy atom. The van der Waals surface area contributed by atoms with Crippen molar-refractivity contribution >= 4 is 11.9 Å². The van der Waals surface area contributed by atoms with Crippen molar-refractivity contribution in [2.75, 3.05) is 0 Å². The van der Waals surface area contributed by atoms with Crippen molar-refractivity contribution < 1.29 is 19.4 Å². The Hall–Kier alpha value is -2.04. The van der Waals surface area contributed by atoms with E-state index in [1.165, 1.54) is 6.08 Å². The van der Waals surface area contributed by atoms with Crippen LogP contribution in [-0.4, -0.2) is 23.1 Å². The molecule has 2 N–H and O–H groups in total. The number of amides is 1. The zero-order chi connectivity index (χ0) is 14.1. The van der Waals surface area contributed by atoms with Crippen LogP contribution < -0.4 is 5.32 Å². The molecule has 1 fully saturated rings. The highest BCUT2D eigenvalue weighted by Gasteiger charge is 2.30. The monoisotopic (exact) mass is 253 g/mol. The van der Waals surface area contributed by atoms with E-state index in [-0.39, 0.29) is 6.42 Å². The predicted molar refractivity (Wildman–Crippen MR) is 68.7 cm³/mol. The molecule has 0 radical (unpaired) electrons. The van der Waals surface area contributed by atoms with Crippen LogP contribution in [0.2, 0.25) is 0 Å². The number of nitrogens with one attached hydrogen (secondary N) is 1. The summed E-state index contributed by atoms with van der Waals surface area (Å²) in [5.41, 5.74) is 0.520. The summed E-state index contributed by atoms with van der Waals surface area (Å²) in [4.78, 5) is 22.0. The lowest BCUT2D eigenvalue weighted by molar-refractivity contribution is -0.145. The Morgan fingerprint density at radius 3 is 2.61 bits per heavy atom. The standard InChI is InChI=1S/C11H13NO4.C2H6/c1-3-5-8-7(4-2)12-11(15)9(16-8)6-10(13)14;1-2/h3-5,9H,1,6H2,2H3,(H,12,15)(H,13,14);1-2H3/b7-4+,8-5+;. The number of ether oxygens (including phenoxy) is 1. The van der Waals surface area contributed by atoms with Gasteiger partial charge in [-0.05, 0) is 13.0 Å². The second-order valence-corrected chi connectivity index (χ2v) is 3.16. The van der Waals surface area contributed by atoms with Crippen LogP contribution in [0.4, 0.5) is 0 Å². The molecule has 0 aromatic heterocycles. The van der Waals surface area contributed by atoms with Gasteiger partial charge in [-0.2, -0.15) is 0 Å². The van der Waals surface area contributed by atoms with E-state index in [4.69, 9.17) is 9.84 Å². The molecule has 1 saturated heterocycles. The molecule has 1 atom stereocenters. The zero-order valence-electron chi connectivity index (χ0n) is 10.9. The van der Waals surface area contributed by atoms with Crippen LogP contribution in [0.1, 0.15) is 27.2 Å². The third-order valence-corrected chi connectivity index (χ3v) is 2.00. The van der Waals surface area contributed by atoms with E-state index in [2.05, 4.69) is 11.9 Å². The quantitative estimate of drug-likeness (QED) is 0.806. The van der Waals surface area contributed by atoms with Crippen molar-refractivity contribution in [1.29, 1.82) is 0 Å². The second kappa shape index (κ2) is 8.11. The summed E-state index contributed by atoms with van der Waals surface area (Å²) in [6.45, 7) is 9.26. The van der Waals surface area contributed by atoms with Crippen molar-refractivity contribution in [1.82, 2.24) is 5.32 Å². The molecule has 0 spiro atoms. The van der Waals surface area contributed by atoms with E-state index in [1.54, 1.807) is 19.1 Å². The Morgan fingerprint density at radius 1 is 1.56 bits per heavy atom. The predicted octanol–water partition coefficient (Wildman–Crippen LogP) is 1.98. The van der Waals surface area contributed by atoms with E-state index < -0.39 is 18.0 Å². The lowest BCUT2D eigenvalue weighted by Gasteiger charge is -2.26. The molecule has 1 aliphatic heterocycles. The lowest BCUT2D eigenvalue weighted by atomic mass is 10.1. The molecular formula is C13H19NO4. The molecule has 0 aliphatic carbocycles. The van der Waals surface area contributed by atoms with Crippen LogP contribution in [0.25, 0.3) is 0 Å². The highest BCUT2D eigenvalue weighted by atomic mass is 16.5. The molecule has 1 unspecified atom stereocenters. The highest BCUT2D eigenvalue weighted by molar-refractivity contribution is 5.88. The van der Waals surface area contributed by atoms with Crippen LogP contribution in [0.15, 0.2) is 36.3 Å². The van der Waals surface area contributed by atoms with Gasteiger partial charge in [-0.3, -0.25) is 9.59 Å². The molecule has 18 heavy (non-hydrogen) atoms. The second-order valence-electron chi connectivity index (χ2n) is 3.16. The van der Waals surface area contributed by atoms with E-state index in [1.807, 2.05) is 13.8 Å². The molecule has 1 heterocycles. The first-order chi connectivity index (χ1) is 8.58. The van der Waals surface area contributed by atoms with Crippen LogP contribution >= 0.6 is 0 Å². The summed E-state index contributed by atoms with van der Waals surface area (Å²) < 4.78 is 5.28. The van der Waals surface area contributed by atoms with Gasteiger partial charge < -0.3 is 15.2 Å². The van der Waals surface area contributed by atoms with Gasteiger partial charge in [0.2, 0.25) is 0 Å². The van der Waals surface area contributed by atoms with Gasteiger partial charge in [-0.15, -0.1) is 0 Å². The number of aliphatic carboxylic acids is 1. The van der Waals surface area contributed by atoms with Gasteiger partial charge >= 0.3 is 5.97 Å². The Labute approximate surface area is 107 Å². The third kappa shape index (κ3) is 4.45. The van der Waals surface area contributed by atoms with E-state index >= 15 is 0 Å². The normalized spacial score (nSPS) is 22.6. The maximum absolute atomic E-state index is 11.5. The number of carboxylic acid groups (broad SMARTS) is 1. The fourth-order valence-electron chi connectivity index (χ4n) is 1.29. The zero-order valence-corrected chi connectivity index (χ0v) is 10.9. The number of morpholine rings is 1. The van der Waals surface area contributed by atoms with E-state index in [0.29, 0.717) is 11.5 Å². The molecular weight excluding hydrogens is 234 g/mol. The van der Waals surface area contributed by atoms with Crippen molar-refractivity contribution in [3.8, 4) is 0 Å². The first-order valence-electron chi connectivity index (χ1n) is 5.77. The first-order valence-corrected chi connectivity index (χ1v) is 5.77. The largest absolute Gasteiger partial charge is 0.481 e. The van der Waals surface area contributed by atoms with Crippen molar-refractivity contribution in [3.63, 3.8) is 0 Å². The van der Waals surface area contributed by atoms with Crippen LogP contribution in [0.5, 0.6) is 0 Å². The molecule has 100 valence electrons. The number of carbonyl (C=O) groups is 2. The maximum atomic E-state index is 11.5. The number of carboxylic acids is 1. The van der Waals surface area contributed by atoms with Crippen LogP contribution in [0.3, 0.4) is 0 Å². The molecule has 1 rings (SSSR count). The Bertz CT molecular complexity index is 382. The third-order valence-electron chi connectivity index (χ3n) is 2.00. The lowest BCUT2D eigenvalue weighted by Crippen LogP contribution is -2.42. The smallest absolute Gasteiger partial charge is 0.307 e. The van der Waals surface area contributed by atoms with Crippen LogP contribution in [0, 0.1) is 0 Å². The van der Waals surface area contributed by atoms with Crippen molar-refractivity contribution in [2.45, 2.75) is 33.3 Å². The van der Waals surface area contributed by atoms with Gasteiger partial charge in [0.25, 0.3) is 5.91 Å². The van der Waals surface area contributed by atoms with Crippen LogP contribution in [-0.2, 0) is 14.3 Å². The number of hydrogen-bond acceptors (Lipinski definition) is 3. The number of carbonyl (C=O) groups excluding carboxylic acids is 1. The summed E-state index contributed by atoms with van der Waals surface area (Å²) in [7, 11) is 0. The minimum absolute atomic E-state index is 0.364. The van der Waals surface area contributed by atoms with Crippen molar-refractivity contribution in [3.05, 3.63) is 36.3 Å². The molecule has 0 aromatic carbocycles. The van der Waals surface area contributed by atoms with E-state index in [0.717, 1.165) is 0 Å². The maximum Gasteiger partial charge on any atom is 0.307 e.